The minimum atomic E-state index is -0.0368. The number of hydrogen-bond donors (Lipinski definition) is 1. The lowest BCUT2D eigenvalue weighted by Gasteiger charge is -2.31. The maximum Gasteiger partial charge on any atom is 0.228 e. The predicted octanol–water partition coefficient (Wildman–Crippen LogP) is 1.62. The summed E-state index contributed by atoms with van der Waals surface area (Å²) in [4.78, 5) is 18.9. The van der Waals surface area contributed by atoms with Crippen LogP contribution in [-0.4, -0.2) is 53.6 Å². The normalized spacial score (nSPS) is 14.9. The molecule has 1 fully saturated rings. The first-order valence-electron chi connectivity index (χ1n) is 9.90. The molecule has 0 bridgehead atoms. The molecule has 0 spiro atoms. The third kappa shape index (κ3) is 3.84. The van der Waals surface area contributed by atoms with Gasteiger partial charge in [-0.05, 0) is 42.7 Å². The molecule has 0 unspecified atom stereocenters. The molecule has 1 aliphatic rings. The second-order valence-electron chi connectivity index (χ2n) is 7.33. The molecule has 152 valence electrons. The Balaban J connectivity index is 1.16. The molecule has 10 nitrogen and oxygen atoms in total. The summed E-state index contributed by atoms with van der Waals surface area (Å²) in [6.45, 7) is 2.19. The van der Waals surface area contributed by atoms with Gasteiger partial charge in [-0.2, -0.15) is 9.61 Å². The summed E-state index contributed by atoms with van der Waals surface area (Å²) in [7, 11) is 0. The van der Waals surface area contributed by atoms with Crippen molar-refractivity contribution < 1.29 is 4.79 Å². The maximum atomic E-state index is 12.7. The SMILES string of the molecule is O=C(Nc1ccn(Cc2ccncc2)n1)C1CCN(c2ccc3nncn3n2)CC1. The van der Waals surface area contributed by atoms with Gasteiger partial charge in [-0.15, -0.1) is 15.3 Å². The second kappa shape index (κ2) is 7.90. The van der Waals surface area contributed by atoms with Gasteiger partial charge in [-0.3, -0.25) is 14.5 Å². The quantitative estimate of drug-likeness (QED) is 0.540. The molecule has 4 aromatic heterocycles. The number of nitrogens with one attached hydrogen (secondary N) is 1. The summed E-state index contributed by atoms with van der Waals surface area (Å²) < 4.78 is 3.47. The molecule has 1 amide bonds. The Morgan fingerprint density at radius 3 is 2.73 bits per heavy atom. The number of carbonyl (C=O) groups excluding carboxylic acids is 1. The third-order valence-electron chi connectivity index (χ3n) is 5.32. The van der Waals surface area contributed by atoms with Crippen LogP contribution in [0.15, 0.2) is 55.2 Å². The van der Waals surface area contributed by atoms with Crippen molar-refractivity contribution in [2.45, 2.75) is 19.4 Å². The maximum absolute atomic E-state index is 12.7. The summed E-state index contributed by atoms with van der Waals surface area (Å²) in [6, 6.07) is 9.57. The van der Waals surface area contributed by atoms with E-state index in [1.165, 1.54) is 0 Å². The Kier molecular flexibility index (Phi) is 4.80. The van der Waals surface area contributed by atoms with Crippen LogP contribution in [-0.2, 0) is 11.3 Å². The van der Waals surface area contributed by atoms with Crippen molar-refractivity contribution in [3.63, 3.8) is 0 Å². The molecule has 30 heavy (non-hydrogen) atoms. The van der Waals surface area contributed by atoms with Crippen LogP contribution in [0, 0.1) is 5.92 Å². The van der Waals surface area contributed by atoms with Crippen LogP contribution < -0.4 is 10.2 Å². The van der Waals surface area contributed by atoms with E-state index in [0.717, 1.165) is 43.0 Å². The van der Waals surface area contributed by atoms with E-state index < -0.39 is 0 Å². The molecular formula is C20H21N9O. The average Bonchev–Trinajstić information content (AvgIpc) is 3.43. The highest BCUT2D eigenvalue weighted by Crippen LogP contribution is 2.23. The summed E-state index contributed by atoms with van der Waals surface area (Å²) in [5, 5.41) is 19.8. The van der Waals surface area contributed by atoms with Gasteiger partial charge in [-0.1, -0.05) is 0 Å². The van der Waals surface area contributed by atoms with Gasteiger partial charge in [-0.25, -0.2) is 0 Å². The highest BCUT2D eigenvalue weighted by atomic mass is 16.2. The molecule has 0 saturated carbocycles. The highest BCUT2D eigenvalue weighted by molar-refractivity contribution is 5.91. The number of carbonyl (C=O) groups is 1. The summed E-state index contributed by atoms with van der Waals surface area (Å²) in [6.07, 6.45) is 8.51. The van der Waals surface area contributed by atoms with Crippen LogP contribution in [0.2, 0.25) is 0 Å². The van der Waals surface area contributed by atoms with Crippen molar-refractivity contribution in [3.8, 4) is 0 Å². The Morgan fingerprint density at radius 1 is 1.07 bits per heavy atom. The molecule has 1 aliphatic heterocycles. The number of hydrogen-bond acceptors (Lipinski definition) is 7. The third-order valence-corrected chi connectivity index (χ3v) is 5.32. The van der Waals surface area contributed by atoms with Crippen LogP contribution in [0.4, 0.5) is 11.6 Å². The van der Waals surface area contributed by atoms with Gasteiger partial charge in [0.15, 0.2) is 11.5 Å². The number of aromatic nitrogens is 7. The number of fused-ring (bicyclic) bond motifs is 1. The standard InChI is InChI=1S/C20H21N9O/c30-20(23-17-7-12-28(25-17)13-15-3-8-21-9-4-15)16-5-10-27(11-6-16)19-2-1-18-24-22-14-29(18)26-19/h1-4,7-9,12,14,16H,5-6,10-11,13H2,(H,23,25,30). The lowest BCUT2D eigenvalue weighted by molar-refractivity contribution is -0.120. The fourth-order valence-corrected chi connectivity index (χ4v) is 3.68. The van der Waals surface area contributed by atoms with Crippen LogP contribution in [0.3, 0.4) is 0 Å². The van der Waals surface area contributed by atoms with Gasteiger partial charge in [0.05, 0.1) is 6.54 Å². The molecule has 0 atom stereocenters. The number of rotatable bonds is 5. The Morgan fingerprint density at radius 2 is 1.90 bits per heavy atom. The Hall–Kier alpha value is -3.82. The van der Waals surface area contributed by atoms with Gasteiger partial charge in [0.1, 0.15) is 12.1 Å². The van der Waals surface area contributed by atoms with Gasteiger partial charge >= 0.3 is 0 Å². The molecule has 1 saturated heterocycles. The van der Waals surface area contributed by atoms with E-state index in [4.69, 9.17) is 0 Å². The van der Waals surface area contributed by atoms with Crippen molar-refractivity contribution in [1.82, 2.24) is 34.6 Å². The molecule has 5 heterocycles. The minimum absolute atomic E-state index is 0.0195. The number of anilines is 2. The molecule has 4 aromatic rings. The molecular weight excluding hydrogens is 382 g/mol. The van der Waals surface area contributed by atoms with E-state index >= 15 is 0 Å². The van der Waals surface area contributed by atoms with Gasteiger partial charge in [0.2, 0.25) is 5.91 Å². The number of nitrogens with zero attached hydrogens (tertiary/aromatic N) is 8. The van der Waals surface area contributed by atoms with E-state index in [9.17, 15) is 4.79 Å². The zero-order chi connectivity index (χ0) is 20.3. The van der Waals surface area contributed by atoms with E-state index in [-0.39, 0.29) is 11.8 Å². The summed E-state index contributed by atoms with van der Waals surface area (Å²) in [5.41, 5.74) is 1.83. The lowest BCUT2D eigenvalue weighted by atomic mass is 9.96. The van der Waals surface area contributed by atoms with Crippen molar-refractivity contribution >= 4 is 23.2 Å². The van der Waals surface area contributed by atoms with E-state index in [2.05, 4.69) is 35.6 Å². The Bertz CT molecular complexity index is 1150. The molecule has 1 N–H and O–H groups in total. The van der Waals surface area contributed by atoms with Crippen molar-refractivity contribution in [3.05, 3.63) is 60.8 Å². The van der Waals surface area contributed by atoms with Crippen molar-refractivity contribution in [1.29, 1.82) is 0 Å². The zero-order valence-electron chi connectivity index (χ0n) is 16.3. The van der Waals surface area contributed by atoms with Crippen LogP contribution >= 0.6 is 0 Å². The molecule has 0 aliphatic carbocycles. The van der Waals surface area contributed by atoms with Gasteiger partial charge in [0.25, 0.3) is 0 Å². The molecule has 0 radical (unpaired) electrons. The molecule has 0 aromatic carbocycles. The first-order valence-corrected chi connectivity index (χ1v) is 9.90. The fraction of sp³-hybridized carbons (Fsp3) is 0.300. The van der Waals surface area contributed by atoms with E-state index in [1.54, 1.807) is 27.9 Å². The van der Waals surface area contributed by atoms with Crippen molar-refractivity contribution in [2.75, 3.05) is 23.3 Å². The first kappa shape index (κ1) is 18.2. The number of piperidine rings is 1. The topological polar surface area (TPSA) is 106 Å². The monoisotopic (exact) mass is 403 g/mol. The van der Waals surface area contributed by atoms with Gasteiger partial charge in [0, 0.05) is 43.7 Å². The van der Waals surface area contributed by atoms with Crippen LogP contribution in [0.1, 0.15) is 18.4 Å². The largest absolute Gasteiger partial charge is 0.355 e. The summed E-state index contributed by atoms with van der Waals surface area (Å²) in [5.74, 6) is 1.43. The lowest BCUT2D eigenvalue weighted by Crippen LogP contribution is -2.38. The summed E-state index contributed by atoms with van der Waals surface area (Å²) >= 11 is 0. The minimum Gasteiger partial charge on any atom is -0.355 e. The van der Waals surface area contributed by atoms with Crippen LogP contribution in [0.25, 0.3) is 5.65 Å². The van der Waals surface area contributed by atoms with E-state index in [1.807, 2.05) is 36.5 Å². The second-order valence-corrected chi connectivity index (χ2v) is 7.33. The average molecular weight is 403 g/mol. The smallest absolute Gasteiger partial charge is 0.228 e. The van der Waals surface area contributed by atoms with Crippen LogP contribution in [0.5, 0.6) is 0 Å². The van der Waals surface area contributed by atoms with Gasteiger partial charge < -0.3 is 10.2 Å². The number of pyridine rings is 1. The first-order chi connectivity index (χ1) is 14.7. The zero-order valence-corrected chi connectivity index (χ0v) is 16.3. The highest BCUT2D eigenvalue weighted by Gasteiger charge is 2.26. The predicted molar refractivity (Wildman–Crippen MR) is 110 cm³/mol. The van der Waals surface area contributed by atoms with Crippen molar-refractivity contribution in [2.24, 2.45) is 5.92 Å². The van der Waals surface area contributed by atoms with E-state index in [0.29, 0.717) is 12.4 Å². The fourth-order valence-electron chi connectivity index (χ4n) is 3.68. The molecule has 10 heteroatoms. The molecule has 5 rings (SSSR count). The Labute approximate surface area is 172 Å². The number of amides is 1.